The highest BCUT2D eigenvalue weighted by atomic mass is 16.5. The van der Waals surface area contributed by atoms with Gasteiger partial charge < -0.3 is 14.4 Å². The third kappa shape index (κ3) is 4.10. The van der Waals surface area contributed by atoms with E-state index in [1.807, 2.05) is 20.8 Å². The quantitative estimate of drug-likeness (QED) is 0.805. The Morgan fingerprint density at radius 3 is 2.72 bits per heavy atom. The predicted octanol–water partition coefficient (Wildman–Crippen LogP) is 2.21. The number of rotatable bonds is 7. The average molecular weight is 256 g/mol. The minimum absolute atomic E-state index is 0.0617. The van der Waals surface area contributed by atoms with E-state index in [1.165, 1.54) is 0 Å². The van der Waals surface area contributed by atoms with Gasteiger partial charge in [-0.3, -0.25) is 4.79 Å². The number of hydrogen-bond donors (Lipinski definition) is 1. The summed E-state index contributed by atoms with van der Waals surface area (Å²) in [5.74, 6) is 0.135. The molecule has 1 atom stereocenters. The van der Waals surface area contributed by atoms with E-state index in [0.29, 0.717) is 18.1 Å². The Kier molecular flexibility index (Phi) is 4.84. The molecule has 6 heteroatoms. The molecule has 1 rings (SSSR count). The lowest BCUT2D eigenvalue weighted by molar-refractivity contribution is -0.139. The molecule has 0 fully saturated rings. The molecule has 0 aliphatic heterocycles. The number of aliphatic carboxylic acids is 1. The fourth-order valence-electron chi connectivity index (χ4n) is 1.81. The van der Waals surface area contributed by atoms with E-state index >= 15 is 0 Å². The number of ether oxygens (including phenoxy) is 1. The van der Waals surface area contributed by atoms with Gasteiger partial charge in [0.05, 0.1) is 6.42 Å². The van der Waals surface area contributed by atoms with Gasteiger partial charge in [0.15, 0.2) is 0 Å². The van der Waals surface area contributed by atoms with Crippen molar-refractivity contribution in [2.45, 2.75) is 46.1 Å². The molecule has 1 aromatic rings. The van der Waals surface area contributed by atoms with Crippen molar-refractivity contribution in [3.63, 3.8) is 0 Å². The van der Waals surface area contributed by atoms with Crippen molar-refractivity contribution in [2.75, 3.05) is 7.11 Å². The fourth-order valence-corrected chi connectivity index (χ4v) is 1.81. The second-order valence-electron chi connectivity index (χ2n) is 5.09. The Morgan fingerprint density at radius 2 is 2.22 bits per heavy atom. The Morgan fingerprint density at radius 1 is 1.56 bits per heavy atom. The van der Waals surface area contributed by atoms with Crippen LogP contribution in [0.5, 0.6) is 0 Å². The fraction of sp³-hybridized carbons (Fsp3) is 0.750. The maximum absolute atomic E-state index is 10.7. The topological polar surface area (TPSA) is 85.5 Å². The average Bonchev–Trinajstić information content (AvgIpc) is 2.65. The van der Waals surface area contributed by atoms with Crippen LogP contribution in [0, 0.1) is 5.41 Å². The van der Waals surface area contributed by atoms with Gasteiger partial charge in [-0.25, -0.2) is 0 Å². The first-order valence-electron chi connectivity index (χ1n) is 5.95. The van der Waals surface area contributed by atoms with E-state index in [-0.39, 0.29) is 12.5 Å². The third-order valence-corrected chi connectivity index (χ3v) is 2.69. The Balaban J connectivity index is 2.71. The van der Waals surface area contributed by atoms with Crippen molar-refractivity contribution in [1.82, 2.24) is 10.1 Å². The van der Waals surface area contributed by atoms with Crippen molar-refractivity contribution in [1.29, 1.82) is 0 Å². The maximum atomic E-state index is 10.7. The largest absolute Gasteiger partial charge is 0.481 e. The maximum Gasteiger partial charge on any atom is 0.303 e. The van der Waals surface area contributed by atoms with Crippen LogP contribution in [0.1, 0.15) is 51.4 Å². The minimum atomic E-state index is -0.830. The van der Waals surface area contributed by atoms with Gasteiger partial charge in [-0.2, -0.15) is 4.98 Å². The molecular formula is C12H20N2O4. The number of carbonyl (C=O) groups is 1. The number of hydrogen-bond acceptors (Lipinski definition) is 5. The Bertz CT molecular complexity index is 397. The standard InChI is InChI=1S/C12H20N2O4/c1-5-8(17-4)11-13-9(18-14-11)6-12(2,3)7-10(15)16/h8H,5-7H2,1-4H3,(H,15,16). The summed E-state index contributed by atoms with van der Waals surface area (Å²) in [4.78, 5) is 15.0. The molecule has 0 radical (unpaired) electrons. The zero-order valence-corrected chi connectivity index (χ0v) is 11.3. The predicted molar refractivity (Wildman–Crippen MR) is 64.1 cm³/mol. The Hall–Kier alpha value is -1.43. The van der Waals surface area contributed by atoms with Gasteiger partial charge in [-0.05, 0) is 11.8 Å². The monoisotopic (exact) mass is 256 g/mol. The first kappa shape index (κ1) is 14.6. The highest BCUT2D eigenvalue weighted by Gasteiger charge is 2.26. The SMILES string of the molecule is CCC(OC)c1noc(CC(C)(C)CC(=O)O)n1. The molecule has 1 unspecified atom stereocenters. The van der Waals surface area contributed by atoms with Gasteiger partial charge in [0.1, 0.15) is 6.10 Å². The summed E-state index contributed by atoms with van der Waals surface area (Å²) in [6, 6.07) is 0. The van der Waals surface area contributed by atoms with Gasteiger partial charge >= 0.3 is 5.97 Å². The van der Waals surface area contributed by atoms with Crippen LogP contribution in [0.4, 0.5) is 0 Å². The third-order valence-electron chi connectivity index (χ3n) is 2.69. The van der Waals surface area contributed by atoms with Gasteiger partial charge in [0, 0.05) is 13.5 Å². The summed E-state index contributed by atoms with van der Waals surface area (Å²) in [6.07, 6.45) is 1.08. The van der Waals surface area contributed by atoms with E-state index in [4.69, 9.17) is 14.4 Å². The molecular weight excluding hydrogens is 236 g/mol. The Labute approximate surface area is 106 Å². The van der Waals surface area contributed by atoms with Crippen molar-refractivity contribution < 1.29 is 19.2 Å². The lowest BCUT2D eigenvalue weighted by Gasteiger charge is -2.19. The molecule has 0 aliphatic rings. The summed E-state index contributed by atoms with van der Waals surface area (Å²) >= 11 is 0. The zero-order valence-electron chi connectivity index (χ0n) is 11.3. The highest BCUT2D eigenvalue weighted by molar-refractivity contribution is 5.67. The van der Waals surface area contributed by atoms with Crippen LogP contribution < -0.4 is 0 Å². The second kappa shape index (κ2) is 5.95. The first-order valence-corrected chi connectivity index (χ1v) is 5.95. The lowest BCUT2D eigenvalue weighted by Crippen LogP contribution is -2.19. The van der Waals surface area contributed by atoms with E-state index < -0.39 is 11.4 Å². The molecule has 0 spiro atoms. The molecule has 102 valence electrons. The van der Waals surface area contributed by atoms with Crippen LogP contribution in [-0.2, 0) is 16.0 Å². The lowest BCUT2D eigenvalue weighted by atomic mass is 9.86. The molecule has 0 saturated carbocycles. The number of methoxy groups -OCH3 is 1. The first-order chi connectivity index (χ1) is 8.38. The summed E-state index contributed by atoms with van der Waals surface area (Å²) in [7, 11) is 1.60. The molecule has 6 nitrogen and oxygen atoms in total. The van der Waals surface area contributed by atoms with Gasteiger partial charge in [0.25, 0.3) is 0 Å². The summed E-state index contributed by atoms with van der Waals surface area (Å²) in [5, 5.41) is 12.7. The molecule has 0 aliphatic carbocycles. The van der Waals surface area contributed by atoms with E-state index in [1.54, 1.807) is 7.11 Å². The molecule has 0 saturated heterocycles. The molecule has 1 aromatic heterocycles. The normalized spacial score (nSPS) is 13.6. The van der Waals surface area contributed by atoms with Crippen molar-refractivity contribution in [3.05, 3.63) is 11.7 Å². The van der Waals surface area contributed by atoms with Gasteiger partial charge in [-0.1, -0.05) is 25.9 Å². The van der Waals surface area contributed by atoms with Crippen molar-refractivity contribution in [3.8, 4) is 0 Å². The van der Waals surface area contributed by atoms with E-state index in [2.05, 4.69) is 10.1 Å². The van der Waals surface area contributed by atoms with Crippen LogP contribution in [0.15, 0.2) is 4.52 Å². The summed E-state index contributed by atoms with van der Waals surface area (Å²) in [5.41, 5.74) is -0.412. The smallest absolute Gasteiger partial charge is 0.303 e. The molecule has 0 aromatic carbocycles. The van der Waals surface area contributed by atoms with Gasteiger partial charge in [0.2, 0.25) is 11.7 Å². The highest BCUT2D eigenvalue weighted by Crippen LogP contribution is 2.26. The zero-order chi connectivity index (χ0) is 13.8. The molecule has 18 heavy (non-hydrogen) atoms. The van der Waals surface area contributed by atoms with Crippen LogP contribution in [0.25, 0.3) is 0 Å². The molecule has 1 heterocycles. The number of carboxylic acids is 1. The molecule has 0 bridgehead atoms. The number of carboxylic acid groups (broad SMARTS) is 1. The van der Waals surface area contributed by atoms with Crippen LogP contribution >= 0.6 is 0 Å². The van der Waals surface area contributed by atoms with E-state index in [9.17, 15) is 4.79 Å². The molecule has 1 N–H and O–H groups in total. The van der Waals surface area contributed by atoms with Crippen LogP contribution in [0.3, 0.4) is 0 Å². The van der Waals surface area contributed by atoms with Gasteiger partial charge in [-0.15, -0.1) is 0 Å². The number of aromatic nitrogens is 2. The molecule has 0 amide bonds. The second-order valence-corrected chi connectivity index (χ2v) is 5.09. The van der Waals surface area contributed by atoms with Crippen LogP contribution in [0.2, 0.25) is 0 Å². The van der Waals surface area contributed by atoms with Crippen LogP contribution in [-0.4, -0.2) is 28.3 Å². The minimum Gasteiger partial charge on any atom is -0.481 e. The number of nitrogens with zero attached hydrogens (tertiary/aromatic N) is 2. The summed E-state index contributed by atoms with van der Waals surface area (Å²) in [6.45, 7) is 5.69. The van der Waals surface area contributed by atoms with E-state index in [0.717, 1.165) is 6.42 Å². The van der Waals surface area contributed by atoms with Crippen molar-refractivity contribution in [2.24, 2.45) is 5.41 Å². The van der Waals surface area contributed by atoms with Crippen molar-refractivity contribution >= 4 is 5.97 Å². The summed E-state index contributed by atoms with van der Waals surface area (Å²) < 4.78 is 10.3.